The van der Waals surface area contributed by atoms with Crippen LogP contribution in [0.1, 0.15) is 45.7 Å². The van der Waals surface area contributed by atoms with E-state index in [0.29, 0.717) is 5.82 Å². The van der Waals surface area contributed by atoms with Gasteiger partial charge in [0.25, 0.3) is 0 Å². The molecule has 0 radical (unpaired) electrons. The summed E-state index contributed by atoms with van der Waals surface area (Å²) in [6.45, 7) is 12.7. The molecule has 0 aromatic heterocycles. The van der Waals surface area contributed by atoms with Gasteiger partial charge in [0.15, 0.2) is 0 Å². The third-order valence-corrected chi connectivity index (χ3v) is 4.41. The molecule has 0 saturated carbocycles. The number of benzene rings is 1. The van der Waals surface area contributed by atoms with E-state index in [2.05, 4.69) is 65.8 Å². The fourth-order valence-corrected chi connectivity index (χ4v) is 2.31. The van der Waals surface area contributed by atoms with Gasteiger partial charge < -0.3 is 9.31 Å². The second-order valence-electron chi connectivity index (χ2n) is 6.79. The molecule has 0 N–H and O–H groups in total. The van der Waals surface area contributed by atoms with Gasteiger partial charge in [0.1, 0.15) is 0 Å². The third kappa shape index (κ3) is 3.03. The normalized spacial score (nSPS) is 22.5. The predicted octanol–water partition coefficient (Wildman–Crippen LogP) is 4.02. The Hall–Kier alpha value is -0.795. The fourth-order valence-electron chi connectivity index (χ4n) is 2.31. The van der Waals surface area contributed by atoms with Gasteiger partial charge in [-0.25, -0.2) is 0 Å². The van der Waals surface area contributed by atoms with E-state index in [-0.39, 0.29) is 18.3 Å². The lowest BCUT2D eigenvalue weighted by Gasteiger charge is -2.32. The van der Waals surface area contributed by atoms with E-state index in [4.69, 9.17) is 9.31 Å². The molecule has 2 nitrogen and oxygen atoms in total. The van der Waals surface area contributed by atoms with Crippen molar-refractivity contribution in [2.45, 2.75) is 65.0 Å². The Bertz CT molecular complexity index is 421. The maximum atomic E-state index is 6.10. The third-order valence-electron chi connectivity index (χ3n) is 4.41. The minimum Gasteiger partial charge on any atom is -0.403 e. The van der Waals surface area contributed by atoms with E-state index in [1.165, 1.54) is 11.1 Å². The van der Waals surface area contributed by atoms with Crippen LogP contribution in [0.3, 0.4) is 0 Å². The molecule has 2 rings (SSSR count). The molecule has 1 unspecified atom stereocenters. The van der Waals surface area contributed by atoms with Crippen molar-refractivity contribution in [2.24, 2.45) is 0 Å². The van der Waals surface area contributed by atoms with Gasteiger partial charge in [0, 0.05) is 0 Å². The first-order chi connectivity index (χ1) is 8.71. The maximum absolute atomic E-state index is 6.10. The summed E-state index contributed by atoms with van der Waals surface area (Å²) in [4.78, 5) is 0. The van der Waals surface area contributed by atoms with Gasteiger partial charge in [-0.15, -0.1) is 0 Å². The zero-order chi connectivity index (χ0) is 14.3. The quantitative estimate of drug-likeness (QED) is 0.764. The maximum Gasteiger partial charge on any atom is 0.461 e. The Kier molecular flexibility index (Phi) is 3.81. The first-order valence-corrected chi connectivity index (χ1v) is 7.12. The lowest BCUT2D eigenvalue weighted by atomic mass is 9.70. The van der Waals surface area contributed by atoms with Crippen molar-refractivity contribution < 1.29 is 9.31 Å². The predicted molar refractivity (Wildman–Crippen MR) is 80.4 cm³/mol. The minimum absolute atomic E-state index is 0.119. The van der Waals surface area contributed by atoms with Crippen LogP contribution in [0, 0.1) is 6.92 Å². The number of rotatable bonds is 3. The largest absolute Gasteiger partial charge is 0.461 e. The van der Waals surface area contributed by atoms with Crippen molar-refractivity contribution in [1.29, 1.82) is 0 Å². The molecule has 1 aromatic carbocycles. The van der Waals surface area contributed by atoms with Gasteiger partial charge in [0.2, 0.25) is 0 Å². The summed E-state index contributed by atoms with van der Waals surface area (Å²) in [6, 6.07) is 8.70. The lowest BCUT2D eigenvalue weighted by Crippen LogP contribution is -2.41. The molecule has 1 aliphatic rings. The van der Waals surface area contributed by atoms with Crippen molar-refractivity contribution in [3.05, 3.63) is 35.4 Å². The monoisotopic (exact) mass is 260 g/mol. The van der Waals surface area contributed by atoms with Crippen LogP contribution in [0.15, 0.2) is 24.3 Å². The van der Waals surface area contributed by atoms with E-state index >= 15 is 0 Å². The van der Waals surface area contributed by atoms with Gasteiger partial charge in [-0.05, 0) is 52.4 Å². The molecule has 19 heavy (non-hydrogen) atoms. The highest BCUT2D eigenvalue weighted by atomic mass is 16.7. The molecule has 0 spiro atoms. The topological polar surface area (TPSA) is 18.5 Å². The van der Waals surface area contributed by atoms with Crippen LogP contribution in [0.5, 0.6) is 0 Å². The number of hydrogen-bond acceptors (Lipinski definition) is 2. The summed E-state index contributed by atoms with van der Waals surface area (Å²) in [5.41, 5.74) is 2.16. The SMILES string of the molecule is Cc1ccc(CC(C)B2OC(C)(C)C(C)(C)O2)cc1. The molecule has 0 aliphatic carbocycles. The minimum atomic E-state index is -0.237. The summed E-state index contributed by atoms with van der Waals surface area (Å²) in [6.07, 6.45) is 0.983. The summed E-state index contributed by atoms with van der Waals surface area (Å²) >= 11 is 0. The first-order valence-electron chi connectivity index (χ1n) is 7.12. The van der Waals surface area contributed by atoms with E-state index in [9.17, 15) is 0 Å². The summed E-state index contributed by atoms with van der Waals surface area (Å²) in [7, 11) is -0.119. The highest BCUT2D eigenvalue weighted by Gasteiger charge is 2.52. The van der Waals surface area contributed by atoms with E-state index < -0.39 is 0 Å². The van der Waals surface area contributed by atoms with Gasteiger partial charge in [-0.1, -0.05) is 36.8 Å². The van der Waals surface area contributed by atoms with E-state index in [0.717, 1.165) is 6.42 Å². The zero-order valence-electron chi connectivity index (χ0n) is 13.0. The van der Waals surface area contributed by atoms with E-state index in [1.54, 1.807) is 0 Å². The van der Waals surface area contributed by atoms with Crippen molar-refractivity contribution in [2.75, 3.05) is 0 Å². The van der Waals surface area contributed by atoms with Gasteiger partial charge >= 0.3 is 7.12 Å². The molecule has 1 saturated heterocycles. The van der Waals surface area contributed by atoms with Crippen LogP contribution in [-0.4, -0.2) is 18.3 Å². The zero-order valence-corrected chi connectivity index (χ0v) is 13.0. The van der Waals surface area contributed by atoms with Crippen LogP contribution in [-0.2, 0) is 15.7 Å². The van der Waals surface area contributed by atoms with Crippen LogP contribution < -0.4 is 0 Å². The van der Waals surface area contributed by atoms with Crippen molar-refractivity contribution in [3.63, 3.8) is 0 Å². The van der Waals surface area contributed by atoms with Gasteiger partial charge in [-0.2, -0.15) is 0 Å². The molecule has 104 valence electrons. The van der Waals surface area contributed by atoms with Gasteiger partial charge in [-0.3, -0.25) is 0 Å². The van der Waals surface area contributed by atoms with Crippen LogP contribution in [0.25, 0.3) is 0 Å². The Morgan fingerprint density at radius 1 is 1.00 bits per heavy atom. The van der Waals surface area contributed by atoms with Crippen molar-refractivity contribution >= 4 is 7.12 Å². The van der Waals surface area contributed by atoms with E-state index in [1.807, 2.05) is 0 Å². The van der Waals surface area contributed by atoms with Crippen molar-refractivity contribution in [1.82, 2.24) is 0 Å². The second kappa shape index (κ2) is 4.95. The summed E-state index contributed by atoms with van der Waals surface area (Å²) in [5.74, 6) is 0.351. The molecule has 1 fully saturated rings. The Balaban J connectivity index is 2.02. The molecule has 0 bridgehead atoms. The van der Waals surface area contributed by atoms with Crippen LogP contribution in [0.2, 0.25) is 5.82 Å². The highest BCUT2D eigenvalue weighted by Crippen LogP contribution is 2.40. The average molecular weight is 260 g/mol. The van der Waals surface area contributed by atoms with Crippen molar-refractivity contribution in [3.8, 4) is 0 Å². The Morgan fingerprint density at radius 3 is 1.95 bits per heavy atom. The lowest BCUT2D eigenvalue weighted by molar-refractivity contribution is 0.00578. The number of hydrogen-bond donors (Lipinski definition) is 0. The molecule has 1 aliphatic heterocycles. The molecule has 1 heterocycles. The van der Waals surface area contributed by atoms with Gasteiger partial charge in [0.05, 0.1) is 11.2 Å². The molecule has 1 aromatic rings. The smallest absolute Gasteiger partial charge is 0.403 e. The molecule has 0 amide bonds. The van der Waals surface area contributed by atoms with Crippen LogP contribution in [0.4, 0.5) is 0 Å². The molecule has 1 atom stereocenters. The molecular formula is C16H25BO2. The number of aryl methyl sites for hydroxylation is 1. The molecular weight excluding hydrogens is 235 g/mol. The Morgan fingerprint density at radius 2 is 1.47 bits per heavy atom. The average Bonchev–Trinajstić information content (AvgIpc) is 2.51. The summed E-state index contributed by atoms with van der Waals surface area (Å²) in [5, 5.41) is 0. The van der Waals surface area contributed by atoms with Crippen LogP contribution >= 0.6 is 0 Å². The fraction of sp³-hybridized carbons (Fsp3) is 0.625. The standard InChI is InChI=1S/C16H25BO2/c1-12-7-9-14(10-8-12)11-13(2)17-18-15(3,4)16(5,6)19-17/h7-10,13H,11H2,1-6H3. The highest BCUT2D eigenvalue weighted by molar-refractivity contribution is 6.47. The second-order valence-corrected chi connectivity index (χ2v) is 6.79. The first kappa shape index (κ1) is 14.6. The Labute approximate surface area is 117 Å². The molecule has 3 heteroatoms. The summed E-state index contributed by atoms with van der Waals surface area (Å²) < 4.78 is 12.2.